The van der Waals surface area contributed by atoms with Gasteiger partial charge in [0.2, 0.25) is 10.0 Å². The smallest absolute Gasteiger partial charge is 0.279 e. The molecule has 1 aromatic carbocycles. The number of hydrogen-bond acceptors (Lipinski definition) is 4. The van der Waals surface area contributed by atoms with Gasteiger partial charge in [-0.05, 0) is 36.4 Å². The molecule has 0 bridgehead atoms. The number of amides is 1. The monoisotopic (exact) mass is 374 g/mol. The van der Waals surface area contributed by atoms with Crippen molar-refractivity contribution in [2.45, 2.75) is 11.4 Å². The summed E-state index contributed by atoms with van der Waals surface area (Å²) in [7, 11) is -1.81. The molecule has 1 heterocycles. The second-order valence-electron chi connectivity index (χ2n) is 5.13. The van der Waals surface area contributed by atoms with Gasteiger partial charge < -0.3 is 10.2 Å². The topological polar surface area (TPSA) is 93.7 Å². The molecule has 124 valence electrons. The Morgan fingerprint density at radius 3 is 2.43 bits per heavy atom. The Kier molecular flexibility index (Phi) is 5.77. The van der Waals surface area contributed by atoms with Crippen molar-refractivity contribution in [2.75, 3.05) is 18.9 Å². The largest absolute Gasteiger partial charge is 0.325 e. The Balaban J connectivity index is 1.89. The number of thiophene rings is 1. The van der Waals surface area contributed by atoms with E-state index in [0.29, 0.717) is 12.2 Å². The lowest BCUT2D eigenvalue weighted by atomic mass is 10.3. The predicted octanol–water partition coefficient (Wildman–Crippen LogP) is 0.702. The molecule has 2 rings (SSSR count). The van der Waals surface area contributed by atoms with Gasteiger partial charge in [0, 0.05) is 5.69 Å². The zero-order chi connectivity index (χ0) is 17.0. The van der Waals surface area contributed by atoms with E-state index in [2.05, 4.69) is 5.32 Å². The maximum Gasteiger partial charge on any atom is 0.279 e. The second kappa shape index (κ2) is 7.41. The molecule has 0 radical (unpaired) electrons. The van der Waals surface area contributed by atoms with Gasteiger partial charge in [-0.2, -0.15) is 0 Å². The highest BCUT2D eigenvalue weighted by Crippen LogP contribution is 2.20. The van der Waals surface area contributed by atoms with Gasteiger partial charge in [-0.1, -0.05) is 11.6 Å². The fraction of sp³-hybridized carbons (Fsp3) is 0.214. The first-order valence-electron chi connectivity index (χ1n) is 6.72. The summed E-state index contributed by atoms with van der Waals surface area (Å²) in [6, 6.07) is 9.50. The van der Waals surface area contributed by atoms with Gasteiger partial charge in [-0.15, -0.1) is 11.3 Å². The highest BCUT2D eigenvalue weighted by Gasteiger charge is 2.13. The number of anilines is 1. The number of hydrogen-bond donors (Lipinski definition) is 3. The summed E-state index contributed by atoms with van der Waals surface area (Å²) in [6.45, 7) is 0.988. The highest BCUT2D eigenvalue weighted by molar-refractivity contribution is 7.89. The van der Waals surface area contributed by atoms with Crippen LogP contribution in [0.2, 0.25) is 4.34 Å². The number of primary sulfonamides is 1. The van der Waals surface area contributed by atoms with Crippen molar-refractivity contribution < 1.29 is 18.1 Å². The lowest BCUT2D eigenvalue weighted by molar-refractivity contribution is -0.884. The van der Waals surface area contributed by atoms with E-state index in [-0.39, 0.29) is 17.3 Å². The number of likely N-dealkylation sites (N-methyl/N-ethyl adjacent to an activating group) is 1. The number of carbonyl (C=O) groups is 1. The Bertz CT molecular complexity index is 788. The number of rotatable bonds is 6. The van der Waals surface area contributed by atoms with Crippen molar-refractivity contribution in [2.24, 2.45) is 5.14 Å². The summed E-state index contributed by atoms with van der Waals surface area (Å²) in [4.78, 5) is 14.1. The molecule has 2 aromatic rings. The van der Waals surface area contributed by atoms with Gasteiger partial charge in [0.1, 0.15) is 6.54 Å². The first kappa shape index (κ1) is 17.9. The first-order chi connectivity index (χ1) is 10.7. The number of nitrogens with one attached hydrogen (secondary N) is 2. The molecular formula is C14H17ClN3O3S2+. The second-order valence-corrected chi connectivity index (χ2v) is 8.50. The van der Waals surface area contributed by atoms with Crippen LogP contribution >= 0.6 is 22.9 Å². The van der Waals surface area contributed by atoms with Crippen LogP contribution in [0.4, 0.5) is 5.69 Å². The number of sulfonamides is 1. The van der Waals surface area contributed by atoms with E-state index in [0.717, 1.165) is 14.1 Å². The number of halogens is 1. The molecule has 0 aliphatic carbocycles. The fourth-order valence-electron chi connectivity index (χ4n) is 2.01. The molecule has 0 spiro atoms. The van der Waals surface area contributed by atoms with Gasteiger partial charge >= 0.3 is 0 Å². The Hall–Kier alpha value is -1.45. The molecule has 1 aromatic heterocycles. The van der Waals surface area contributed by atoms with Gasteiger partial charge in [0.05, 0.1) is 21.2 Å². The lowest BCUT2D eigenvalue weighted by Crippen LogP contribution is -3.08. The van der Waals surface area contributed by atoms with E-state index in [4.69, 9.17) is 16.7 Å². The van der Waals surface area contributed by atoms with Crippen molar-refractivity contribution in [3.63, 3.8) is 0 Å². The highest BCUT2D eigenvalue weighted by atomic mass is 35.5. The third-order valence-corrected chi connectivity index (χ3v) is 5.19. The maximum atomic E-state index is 12.0. The number of benzene rings is 1. The van der Waals surface area contributed by atoms with Gasteiger partial charge in [0.15, 0.2) is 6.54 Å². The Morgan fingerprint density at radius 2 is 1.91 bits per heavy atom. The standard InChI is InChI=1S/C14H16ClN3O3S2/c1-18(8-11-4-7-13(15)22-11)9-14(19)17-10-2-5-12(6-3-10)23(16,20)21/h2-7H,8-9H2,1H3,(H,17,19)(H2,16,20,21)/p+1. The van der Waals surface area contributed by atoms with Crippen LogP contribution in [0, 0.1) is 0 Å². The first-order valence-corrected chi connectivity index (χ1v) is 9.46. The summed E-state index contributed by atoms with van der Waals surface area (Å²) >= 11 is 7.38. The maximum absolute atomic E-state index is 12.0. The molecule has 0 saturated carbocycles. The van der Waals surface area contributed by atoms with Crippen molar-refractivity contribution in [3.05, 3.63) is 45.6 Å². The average Bonchev–Trinajstić information content (AvgIpc) is 2.83. The molecule has 0 saturated heterocycles. The van der Waals surface area contributed by atoms with Gasteiger partial charge in [-0.3, -0.25) is 4.79 Å². The summed E-state index contributed by atoms with van der Waals surface area (Å²) in [6.07, 6.45) is 0. The Labute approximate surface area is 143 Å². The molecule has 9 heteroatoms. The van der Waals surface area contributed by atoms with Crippen LogP contribution < -0.4 is 15.4 Å². The molecular weight excluding hydrogens is 358 g/mol. The third kappa shape index (κ3) is 5.60. The molecule has 0 aliphatic rings. The molecule has 6 nitrogen and oxygen atoms in total. The molecule has 1 amide bonds. The summed E-state index contributed by atoms with van der Waals surface area (Å²) in [5, 5.41) is 7.75. The summed E-state index contributed by atoms with van der Waals surface area (Å²) in [5.74, 6) is -0.159. The summed E-state index contributed by atoms with van der Waals surface area (Å²) in [5.41, 5.74) is 0.523. The minimum atomic E-state index is -3.73. The summed E-state index contributed by atoms with van der Waals surface area (Å²) < 4.78 is 23.1. The average molecular weight is 375 g/mol. The zero-order valence-electron chi connectivity index (χ0n) is 12.4. The normalized spacial score (nSPS) is 12.8. The minimum Gasteiger partial charge on any atom is -0.325 e. The van der Waals surface area contributed by atoms with Crippen LogP contribution in [0.3, 0.4) is 0 Å². The zero-order valence-corrected chi connectivity index (χ0v) is 14.8. The van der Waals surface area contributed by atoms with E-state index in [1.165, 1.54) is 35.6 Å². The van der Waals surface area contributed by atoms with E-state index >= 15 is 0 Å². The molecule has 0 fully saturated rings. The van der Waals surface area contributed by atoms with Crippen molar-refractivity contribution in [1.29, 1.82) is 0 Å². The number of carbonyl (C=O) groups excluding carboxylic acids is 1. The molecule has 1 unspecified atom stereocenters. The van der Waals surface area contributed by atoms with E-state index in [1.54, 1.807) is 0 Å². The number of quaternary nitrogens is 1. The van der Waals surface area contributed by atoms with E-state index in [1.807, 2.05) is 19.2 Å². The van der Waals surface area contributed by atoms with E-state index in [9.17, 15) is 13.2 Å². The van der Waals surface area contributed by atoms with Gasteiger partial charge in [0.25, 0.3) is 5.91 Å². The van der Waals surface area contributed by atoms with Crippen LogP contribution in [0.5, 0.6) is 0 Å². The number of nitrogens with two attached hydrogens (primary N) is 1. The van der Waals surface area contributed by atoms with Crippen LogP contribution in [0.25, 0.3) is 0 Å². The quantitative estimate of drug-likeness (QED) is 0.694. The fourth-order valence-corrected chi connectivity index (χ4v) is 3.73. The van der Waals surface area contributed by atoms with Crippen LogP contribution in [0.15, 0.2) is 41.3 Å². The van der Waals surface area contributed by atoms with Crippen molar-refractivity contribution in [3.8, 4) is 0 Å². The van der Waals surface area contributed by atoms with Gasteiger partial charge in [-0.25, -0.2) is 13.6 Å². The van der Waals surface area contributed by atoms with Crippen molar-refractivity contribution in [1.82, 2.24) is 0 Å². The van der Waals surface area contributed by atoms with Crippen LogP contribution in [-0.4, -0.2) is 27.9 Å². The van der Waals surface area contributed by atoms with E-state index < -0.39 is 10.0 Å². The van der Waals surface area contributed by atoms with Crippen molar-refractivity contribution >= 4 is 44.6 Å². The van der Waals surface area contributed by atoms with Crippen LogP contribution in [0.1, 0.15) is 4.88 Å². The molecule has 4 N–H and O–H groups in total. The molecule has 23 heavy (non-hydrogen) atoms. The van der Waals surface area contributed by atoms with Crippen LogP contribution in [-0.2, 0) is 21.4 Å². The predicted molar refractivity (Wildman–Crippen MR) is 91.2 cm³/mol. The third-order valence-electron chi connectivity index (χ3n) is 3.03. The molecule has 0 aliphatic heterocycles. The minimum absolute atomic E-state index is 0.00724. The Morgan fingerprint density at radius 1 is 1.26 bits per heavy atom. The lowest BCUT2D eigenvalue weighted by Gasteiger charge is -2.13. The SMILES string of the molecule is C[NH+](CC(=O)Nc1ccc(S(N)(=O)=O)cc1)Cc1ccc(Cl)s1. The molecule has 1 atom stereocenters.